The van der Waals surface area contributed by atoms with Crippen molar-refractivity contribution in [3.63, 3.8) is 0 Å². The van der Waals surface area contributed by atoms with Crippen LogP contribution in [0.15, 0.2) is 54.6 Å². The van der Waals surface area contributed by atoms with Crippen LogP contribution < -0.4 is 10.1 Å². The van der Waals surface area contributed by atoms with Crippen LogP contribution in [-0.2, 0) is 27.7 Å². The first-order chi connectivity index (χ1) is 12.9. The molecular weight excluding hydrogens is 364 g/mol. The molecule has 27 heavy (non-hydrogen) atoms. The number of carbonyl (C=O) groups excluding carboxylic acids is 1. The second-order valence-corrected chi connectivity index (χ2v) is 8.26. The van der Waals surface area contributed by atoms with Gasteiger partial charge in [-0.25, -0.2) is 12.7 Å². The number of amides is 1. The van der Waals surface area contributed by atoms with Gasteiger partial charge in [0.1, 0.15) is 5.75 Å². The second kappa shape index (κ2) is 10.1. The highest BCUT2D eigenvalue weighted by molar-refractivity contribution is 7.88. The molecule has 0 aliphatic carbocycles. The maximum atomic E-state index is 12.0. The molecule has 0 atom stereocenters. The smallest absolute Gasteiger partial charge is 0.224 e. The van der Waals surface area contributed by atoms with Gasteiger partial charge in [-0.05, 0) is 29.7 Å². The first-order valence-electron chi connectivity index (χ1n) is 8.77. The number of benzene rings is 2. The van der Waals surface area contributed by atoms with E-state index in [1.807, 2.05) is 54.6 Å². The Kier molecular flexibility index (Phi) is 7.82. The zero-order chi connectivity index (χ0) is 19.7. The fourth-order valence-electron chi connectivity index (χ4n) is 2.69. The lowest BCUT2D eigenvalue weighted by Gasteiger charge is -2.20. The average molecular weight is 391 g/mol. The van der Waals surface area contributed by atoms with Gasteiger partial charge in [0, 0.05) is 19.6 Å². The molecule has 1 N–H and O–H groups in total. The Labute approximate surface area is 161 Å². The number of carbonyl (C=O) groups is 1. The Morgan fingerprint density at radius 3 is 2.41 bits per heavy atom. The molecule has 0 aliphatic heterocycles. The van der Waals surface area contributed by atoms with Crippen LogP contribution >= 0.6 is 0 Å². The summed E-state index contributed by atoms with van der Waals surface area (Å²) in [5.41, 5.74) is 1.92. The Morgan fingerprint density at radius 1 is 1.04 bits per heavy atom. The zero-order valence-electron chi connectivity index (χ0n) is 15.7. The van der Waals surface area contributed by atoms with Gasteiger partial charge < -0.3 is 10.1 Å². The van der Waals surface area contributed by atoms with E-state index < -0.39 is 10.0 Å². The summed E-state index contributed by atoms with van der Waals surface area (Å²) in [5.74, 6) is 0.619. The van der Waals surface area contributed by atoms with Gasteiger partial charge in [-0.2, -0.15) is 0 Å². The maximum absolute atomic E-state index is 12.0. The molecule has 6 nitrogen and oxygen atoms in total. The minimum atomic E-state index is -3.36. The number of nitrogens with one attached hydrogen (secondary N) is 1. The van der Waals surface area contributed by atoms with Gasteiger partial charge in [-0.3, -0.25) is 4.79 Å². The van der Waals surface area contributed by atoms with E-state index in [-0.39, 0.29) is 25.4 Å². The fraction of sp³-hybridized carbons (Fsp3) is 0.350. The molecule has 2 rings (SSSR count). The van der Waals surface area contributed by atoms with E-state index in [1.54, 1.807) is 7.11 Å². The highest BCUT2D eigenvalue weighted by atomic mass is 32.2. The van der Waals surface area contributed by atoms with Crippen molar-refractivity contribution in [2.45, 2.75) is 12.8 Å². The molecule has 146 valence electrons. The highest BCUT2D eigenvalue weighted by Gasteiger charge is 2.16. The van der Waals surface area contributed by atoms with Crippen molar-refractivity contribution in [2.24, 2.45) is 0 Å². The van der Waals surface area contributed by atoms with Gasteiger partial charge in [0.15, 0.2) is 0 Å². The Hall–Kier alpha value is -2.38. The summed E-state index contributed by atoms with van der Waals surface area (Å²) in [7, 11) is -1.76. The van der Waals surface area contributed by atoms with Crippen LogP contribution in [-0.4, -0.2) is 51.6 Å². The second-order valence-electron chi connectivity index (χ2n) is 6.28. The van der Waals surface area contributed by atoms with Gasteiger partial charge in [0.25, 0.3) is 0 Å². The van der Waals surface area contributed by atoms with Crippen molar-refractivity contribution in [1.29, 1.82) is 0 Å². The SMILES string of the molecule is COc1cccc(CCN(CCNC(=O)Cc2ccccc2)S(C)(=O)=O)c1. The van der Waals surface area contributed by atoms with Crippen molar-refractivity contribution < 1.29 is 17.9 Å². The minimum Gasteiger partial charge on any atom is -0.497 e. The van der Waals surface area contributed by atoms with Gasteiger partial charge >= 0.3 is 0 Å². The lowest BCUT2D eigenvalue weighted by atomic mass is 10.1. The zero-order valence-corrected chi connectivity index (χ0v) is 16.5. The lowest BCUT2D eigenvalue weighted by molar-refractivity contribution is -0.120. The molecule has 7 heteroatoms. The quantitative estimate of drug-likeness (QED) is 0.672. The van der Waals surface area contributed by atoms with E-state index >= 15 is 0 Å². The van der Waals surface area contributed by atoms with Gasteiger partial charge in [-0.1, -0.05) is 42.5 Å². The summed E-state index contributed by atoms with van der Waals surface area (Å²) in [5, 5.41) is 2.79. The van der Waals surface area contributed by atoms with Gasteiger partial charge in [0.2, 0.25) is 15.9 Å². The number of hydrogen-bond acceptors (Lipinski definition) is 4. The molecule has 0 spiro atoms. The lowest BCUT2D eigenvalue weighted by Crippen LogP contribution is -2.39. The minimum absolute atomic E-state index is 0.123. The number of nitrogens with zero attached hydrogens (tertiary/aromatic N) is 1. The van der Waals surface area contributed by atoms with E-state index in [1.165, 1.54) is 10.6 Å². The van der Waals surface area contributed by atoms with Crippen LogP contribution in [0.4, 0.5) is 0 Å². The Morgan fingerprint density at radius 2 is 1.74 bits per heavy atom. The summed E-state index contributed by atoms with van der Waals surface area (Å²) in [6.07, 6.45) is 2.04. The third kappa shape index (κ3) is 7.40. The van der Waals surface area contributed by atoms with Crippen molar-refractivity contribution in [3.05, 3.63) is 65.7 Å². The van der Waals surface area contributed by atoms with Crippen LogP contribution in [0.3, 0.4) is 0 Å². The maximum Gasteiger partial charge on any atom is 0.224 e. The third-order valence-corrected chi connectivity index (χ3v) is 5.45. The summed E-state index contributed by atoms with van der Waals surface area (Å²) in [6, 6.07) is 17.0. The Balaban J connectivity index is 1.84. The van der Waals surface area contributed by atoms with Crippen molar-refractivity contribution in [1.82, 2.24) is 9.62 Å². The normalized spacial score (nSPS) is 11.4. The molecule has 0 bridgehead atoms. The van der Waals surface area contributed by atoms with Crippen molar-refractivity contribution in [2.75, 3.05) is 33.0 Å². The predicted molar refractivity (Wildman–Crippen MR) is 106 cm³/mol. The largest absolute Gasteiger partial charge is 0.497 e. The summed E-state index contributed by atoms with van der Waals surface area (Å²) in [6.45, 7) is 0.862. The molecule has 0 unspecified atom stereocenters. The monoisotopic (exact) mass is 390 g/mol. The Bertz CT molecular complexity index is 838. The topological polar surface area (TPSA) is 75.7 Å². The molecule has 2 aromatic rings. The number of sulfonamides is 1. The van der Waals surface area contributed by atoms with E-state index in [0.29, 0.717) is 13.0 Å². The molecule has 0 fully saturated rings. The van der Waals surface area contributed by atoms with Crippen LogP contribution in [0, 0.1) is 0 Å². The molecule has 0 saturated carbocycles. The molecular formula is C20H26N2O4S. The summed E-state index contributed by atoms with van der Waals surface area (Å²) >= 11 is 0. The number of rotatable bonds is 10. The summed E-state index contributed by atoms with van der Waals surface area (Å²) < 4.78 is 30.6. The highest BCUT2D eigenvalue weighted by Crippen LogP contribution is 2.13. The summed E-state index contributed by atoms with van der Waals surface area (Å²) in [4.78, 5) is 12.0. The van der Waals surface area contributed by atoms with Gasteiger partial charge in [-0.15, -0.1) is 0 Å². The van der Waals surface area contributed by atoms with E-state index in [2.05, 4.69) is 5.32 Å². The molecule has 0 saturated heterocycles. The first kappa shape index (κ1) is 20.9. The average Bonchev–Trinajstić information content (AvgIpc) is 2.64. The van der Waals surface area contributed by atoms with E-state index in [4.69, 9.17) is 4.74 Å². The van der Waals surface area contributed by atoms with E-state index in [9.17, 15) is 13.2 Å². The molecule has 2 aromatic carbocycles. The third-order valence-electron chi connectivity index (χ3n) is 4.14. The fourth-order valence-corrected chi connectivity index (χ4v) is 3.53. The van der Waals surface area contributed by atoms with Crippen molar-refractivity contribution >= 4 is 15.9 Å². The van der Waals surface area contributed by atoms with Crippen LogP contribution in [0.1, 0.15) is 11.1 Å². The molecule has 0 radical (unpaired) electrons. The standard InChI is InChI=1S/C20H26N2O4S/c1-26-19-10-6-9-18(15-19)11-13-22(27(2,24)25)14-12-21-20(23)16-17-7-4-3-5-8-17/h3-10,15H,11-14,16H2,1-2H3,(H,21,23). The van der Waals surface area contributed by atoms with Crippen LogP contribution in [0.25, 0.3) is 0 Å². The molecule has 0 aliphatic rings. The molecule has 0 aromatic heterocycles. The van der Waals surface area contributed by atoms with E-state index in [0.717, 1.165) is 16.9 Å². The van der Waals surface area contributed by atoms with Crippen molar-refractivity contribution in [3.8, 4) is 5.75 Å². The first-order valence-corrected chi connectivity index (χ1v) is 10.6. The number of hydrogen-bond donors (Lipinski definition) is 1. The molecule has 1 amide bonds. The van der Waals surface area contributed by atoms with Gasteiger partial charge in [0.05, 0.1) is 19.8 Å². The number of ether oxygens (including phenoxy) is 1. The van der Waals surface area contributed by atoms with Crippen LogP contribution in [0.5, 0.6) is 5.75 Å². The molecule has 0 heterocycles. The number of methoxy groups -OCH3 is 1. The predicted octanol–water partition coefficient (Wildman–Crippen LogP) is 1.86. The van der Waals surface area contributed by atoms with Crippen LogP contribution in [0.2, 0.25) is 0 Å².